The van der Waals surface area contributed by atoms with Crippen molar-refractivity contribution in [3.63, 3.8) is 0 Å². The summed E-state index contributed by atoms with van der Waals surface area (Å²) in [6.45, 7) is 4.94. The molecule has 0 aromatic heterocycles. The Hall–Kier alpha value is -1.59. The van der Waals surface area contributed by atoms with Gasteiger partial charge in [-0.3, -0.25) is 9.59 Å². The highest BCUT2D eigenvalue weighted by molar-refractivity contribution is 6.30. The molecule has 4 N–H and O–H groups in total. The molecule has 0 spiro atoms. The molecule has 0 heterocycles. The molecule has 5 nitrogen and oxygen atoms in total. The Morgan fingerprint density at radius 2 is 1.86 bits per heavy atom. The largest absolute Gasteiger partial charge is 0.355 e. The zero-order chi connectivity index (χ0) is 15.7. The number of hydrogen-bond acceptors (Lipinski definition) is 2. The van der Waals surface area contributed by atoms with E-state index in [1.54, 1.807) is 0 Å². The molecule has 0 radical (unpaired) electrons. The van der Waals surface area contributed by atoms with E-state index >= 15 is 0 Å². The minimum absolute atomic E-state index is 0.0298. The van der Waals surface area contributed by atoms with Crippen molar-refractivity contribution in [1.82, 2.24) is 10.6 Å². The molecule has 1 atom stereocenters. The predicted molar refractivity (Wildman–Crippen MR) is 83.0 cm³/mol. The van der Waals surface area contributed by atoms with Gasteiger partial charge in [0.15, 0.2) is 6.54 Å². The SMILES string of the molecule is CCCNC(=O)CNC(=O)C[NH2+][C@@H](C)c1ccc(Cl)cc1. The van der Waals surface area contributed by atoms with Gasteiger partial charge < -0.3 is 16.0 Å². The molecule has 0 unspecified atom stereocenters. The number of benzene rings is 1. The zero-order valence-corrected chi connectivity index (χ0v) is 13.2. The van der Waals surface area contributed by atoms with E-state index in [4.69, 9.17) is 11.6 Å². The Balaban J connectivity index is 2.26. The Morgan fingerprint density at radius 3 is 2.48 bits per heavy atom. The van der Waals surface area contributed by atoms with Gasteiger partial charge in [-0.25, -0.2) is 0 Å². The summed E-state index contributed by atoms with van der Waals surface area (Å²) >= 11 is 5.84. The van der Waals surface area contributed by atoms with Gasteiger partial charge in [0.05, 0.1) is 6.54 Å². The number of carbonyl (C=O) groups excluding carboxylic acids is 2. The molecule has 1 rings (SSSR count). The number of nitrogens with two attached hydrogens (primary N) is 1. The normalized spacial score (nSPS) is 11.8. The molecule has 1 aromatic carbocycles. The summed E-state index contributed by atoms with van der Waals surface area (Å²) < 4.78 is 0. The fraction of sp³-hybridized carbons (Fsp3) is 0.467. The van der Waals surface area contributed by atoms with Gasteiger partial charge in [0, 0.05) is 17.1 Å². The van der Waals surface area contributed by atoms with Crippen LogP contribution in [0.15, 0.2) is 24.3 Å². The fourth-order valence-electron chi connectivity index (χ4n) is 1.76. The van der Waals surface area contributed by atoms with E-state index in [-0.39, 0.29) is 30.9 Å². The van der Waals surface area contributed by atoms with E-state index in [0.717, 1.165) is 12.0 Å². The van der Waals surface area contributed by atoms with Crippen LogP contribution in [0, 0.1) is 0 Å². The van der Waals surface area contributed by atoms with Crippen molar-refractivity contribution in [1.29, 1.82) is 0 Å². The van der Waals surface area contributed by atoms with Gasteiger partial charge in [0.25, 0.3) is 5.91 Å². The average molecular weight is 313 g/mol. The molecular formula is C15H23ClN3O2+. The third-order valence-corrected chi connectivity index (χ3v) is 3.32. The summed E-state index contributed by atoms with van der Waals surface area (Å²) in [5.74, 6) is -0.307. The van der Waals surface area contributed by atoms with Crippen LogP contribution in [-0.2, 0) is 9.59 Å². The van der Waals surface area contributed by atoms with Gasteiger partial charge in [-0.2, -0.15) is 0 Å². The topological polar surface area (TPSA) is 74.8 Å². The third-order valence-electron chi connectivity index (χ3n) is 3.07. The first-order chi connectivity index (χ1) is 10.0. The van der Waals surface area contributed by atoms with E-state index in [9.17, 15) is 9.59 Å². The number of halogens is 1. The second kappa shape index (κ2) is 9.37. The summed E-state index contributed by atoms with van der Waals surface area (Å²) in [7, 11) is 0. The Morgan fingerprint density at radius 1 is 1.19 bits per heavy atom. The highest BCUT2D eigenvalue weighted by Crippen LogP contribution is 2.13. The maximum atomic E-state index is 11.7. The molecule has 0 saturated carbocycles. The monoisotopic (exact) mass is 312 g/mol. The van der Waals surface area contributed by atoms with E-state index in [1.807, 2.05) is 43.4 Å². The number of carbonyl (C=O) groups is 2. The number of quaternary nitrogens is 1. The van der Waals surface area contributed by atoms with Crippen molar-refractivity contribution < 1.29 is 14.9 Å². The lowest BCUT2D eigenvalue weighted by molar-refractivity contribution is -0.682. The van der Waals surface area contributed by atoms with Crippen LogP contribution in [-0.4, -0.2) is 31.4 Å². The van der Waals surface area contributed by atoms with Crippen LogP contribution in [0.2, 0.25) is 5.02 Å². The van der Waals surface area contributed by atoms with Crippen LogP contribution in [0.3, 0.4) is 0 Å². The van der Waals surface area contributed by atoms with Crippen LogP contribution in [0.25, 0.3) is 0 Å². The fourth-order valence-corrected chi connectivity index (χ4v) is 1.89. The van der Waals surface area contributed by atoms with E-state index in [0.29, 0.717) is 11.6 Å². The Labute approximate surface area is 130 Å². The van der Waals surface area contributed by atoms with Gasteiger partial charge in [0.2, 0.25) is 5.91 Å². The molecule has 1 aromatic rings. The quantitative estimate of drug-likeness (QED) is 0.658. The molecular weight excluding hydrogens is 290 g/mol. The summed E-state index contributed by atoms with van der Waals surface area (Å²) in [4.78, 5) is 23.0. The summed E-state index contributed by atoms with van der Waals surface area (Å²) in [5.41, 5.74) is 1.10. The molecule has 0 saturated heterocycles. The molecule has 0 aliphatic carbocycles. The van der Waals surface area contributed by atoms with Crippen LogP contribution in [0.4, 0.5) is 0 Å². The van der Waals surface area contributed by atoms with E-state index < -0.39 is 0 Å². The van der Waals surface area contributed by atoms with Crippen molar-refractivity contribution >= 4 is 23.4 Å². The molecule has 0 bridgehead atoms. The molecule has 0 aliphatic rings. The van der Waals surface area contributed by atoms with E-state index in [2.05, 4.69) is 10.6 Å². The van der Waals surface area contributed by atoms with Crippen molar-refractivity contribution in [2.45, 2.75) is 26.3 Å². The summed E-state index contributed by atoms with van der Waals surface area (Å²) in [6, 6.07) is 7.71. The molecule has 0 fully saturated rings. The maximum Gasteiger partial charge on any atom is 0.275 e. The predicted octanol–water partition coefficient (Wildman–Crippen LogP) is 0.607. The highest BCUT2D eigenvalue weighted by Gasteiger charge is 2.12. The van der Waals surface area contributed by atoms with Gasteiger partial charge >= 0.3 is 0 Å². The minimum Gasteiger partial charge on any atom is -0.355 e. The lowest BCUT2D eigenvalue weighted by Gasteiger charge is -2.11. The van der Waals surface area contributed by atoms with Crippen LogP contribution >= 0.6 is 11.6 Å². The first kappa shape index (κ1) is 17.5. The molecule has 21 heavy (non-hydrogen) atoms. The van der Waals surface area contributed by atoms with Crippen LogP contribution < -0.4 is 16.0 Å². The van der Waals surface area contributed by atoms with Crippen molar-refractivity contribution in [2.75, 3.05) is 19.6 Å². The lowest BCUT2D eigenvalue weighted by atomic mass is 10.1. The van der Waals surface area contributed by atoms with Gasteiger partial charge in [0.1, 0.15) is 6.04 Å². The first-order valence-electron chi connectivity index (χ1n) is 7.15. The molecule has 6 heteroatoms. The zero-order valence-electron chi connectivity index (χ0n) is 12.5. The average Bonchev–Trinajstić information content (AvgIpc) is 2.49. The minimum atomic E-state index is -0.157. The summed E-state index contributed by atoms with van der Waals surface area (Å²) in [6.07, 6.45) is 0.881. The Kier molecular flexibility index (Phi) is 7.79. The molecule has 0 aliphatic heterocycles. The van der Waals surface area contributed by atoms with Gasteiger partial charge in [-0.05, 0) is 25.5 Å². The molecule has 116 valence electrons. The first-order valence-corrected chi connectivity index (χ1v) is 7.53. The van der Waals surface area contributed by atoms with Crippen LogP contribution in [0.1, 0.15) is 31.9 Å². The maximum absolute atomic E-state index is 11.7. The number of rotatable bonds is 8. The summed E-state index contributed by atoms with van der Waals surface area (Å²) in [5, 5.41) is 7.93. The van der Waals surface area contributed by atoms with Gasteiger partial charge in [-0.1, -0.05) is 30.7 Å². The van der Waals surface area contributed by atoms with Crippen LogP contribution in [0.5, 0.6) is 0 Å². The number of amides is 2. The van der Waals surface area contributed by atoms with Crippen molar-refractivity contribution in [3.8, 4) is 0 Å². The van der Waals surface area contributed by atoms with Crippen molar-refractivity contribution in [2.24, 2.45) is 0 Å². The number of hydrogen-bond donors (Lipinski definition) is 3. The standard InChI is InChI=1S/C15H22ClN3O2/c1-3-8-17-14(20)10-19-15(21)9-18-11(2)12-4-6-13(16)7-5-12/h4-7,11,18H,3,8-10H2,1-2H3,(H,17,20)(H,19,21)/p+1/t11-/m0/s1. The smallest absolute Gasteiger partial charge is 0.275 e. The van der Waals surface area contributed by atoms with Gasteiger partial charge in [-0.15, -0.1) is 0 Å². The lowest BCUT2D eigenvalue weighted by Crippen LogP contribution is -2.87. The van der Waals surface area contributed by atoms with E-state index in [1.165, 1.54) is 0 Å². The van der Waals surface area contributed by atoms with Crippen molar-refractivity contribution in [3.05, 3.63) is 34.9 Å². The third kappa shape index (κ3) is 7.11. The number of nitrogens with one attached hydrogen (secondary N) is 2. The Bertz CT molecular complexity index is 462. The second-order valence-electron chi connectivity index (χ2n) is 4.91. The highest BCUT2D eigenvalue weighted by atomic mass is 35.5. The molecule has 2 amide bonds. The second-order valence-corrected chi connectivity index (χ2v) is 5.34.